The first-order chi connectivity index (χ1) is 11.0. The van der Waals surface area contributed by atoms with E-state index in [0.717, 1.165) is 72.6 Å². The number of pyridine rings is 1. The summed E-state index contributed by atoms with van der Waals surface area (Å²) in [6.45, 7) is 14.5. The van der Waals surface area contributed by atoms with Crippen LogP contribution in [0.15, 0.2) is 16.9 Å². The number of likely N-dealkylation sites (N-methyl/N-ethyl adjacent to an activating group) is 1. The Bertz CT molecular complexity index is 770. The van der Waals surface area contributed by atoms with Crippen molar-refractivity contribution in [1.29, 1.82) is 0 Å². The summed E-state index contributed by atoms with van der Waals surface area (Å²) >= 11 is 0. The van der Waals surface area contributed by atoms with Crippen LogP contribution in [0, 0.1) is 20.8 Å². The lowest BCUT2D eigenvalue weighted by Gasteiger charge is -2.34. The molecule has 124 valence electrons. The normalized spacial score (nSPS) is 17.0. The van der Waals surface area contributed by atoms with Crippen LogP contribution in [-0.2, 0) is 6.54 Å². The number of benzene rings is 1. The highest BCUT2D eigenvalue weighted by atomic mass is 16.1. The van der Waals surface area contributed by atoms with Crippen LogP contribution in [0.3, 0.4) is 0 Å². The summed E-state index contributed by atoms with van der Waals surface area (Å²) in [5, 5.41) is 0.829. The van der Waals surface area contributed by atoms with Crippen LogP contribution in [0.5, 0.6) is 0 Å². The molecular weight excluding hydrogens is 286 g/mol. The molecule has 1 saturated heterocycles. The summed E-state index contributed by atoms with van der Waals surface area (Å²) in [5.74, 6) is 0. The molecule has 0 atom stereocenters. The molecule has 0 unspecified atom stereocenters. The van der Waals surface area contributed by atoms with E-state index in [-0.39, 0.29) is 5.43 Å². The van der Waals surface area contributed by atoms with Crippen molar-refractivity contribution in [3.8, 4) is 0 Å². The molecule has 2 aromatic rings. The molecule has 0 aliphatic carbocycles. The molecule has 1 aromatic heterocycles. The van der Waals surface area contributed by atoms with Crippen molar-refractivity contribution >= 4 is 10.9 Å². The van der Waals surface area contributed by atoms with Gasteiger partial charge in [-0.3, -0.25) is 9.69 Å². The Hall–Kier alpha value is -1.65. The number of rotatable bonds is 3. The Kier molecular flexibility index (Phi) is 4.55. The second kappa shape index (κ2) is 6.46. The van der Waals surface area contributed by atoms with Crippen molar-refractivity contribution < 1.29 is 0 Å². The first-order valence-electron chi connectivity index (χ1n) is 8.57. The number of nitrogens with zero attached hydrogens (tertiary/aromatic N) is 2. The molecule has 0 saturated carbocycles. The monoisotopic (exact) mass is 313 g/mol. The highest BCUT2D eigenvalue weighted by Crippen LogP contribution is 2.19. The molecule has 0 bridgehead atoms. The van der Waals surface area contributed by atoms with Crippen LogP contribution in [-0.4, -0.2) is 47.5 Å². The molecule has 4 nitrogen and oxygen atoms in total. The van der Waals surface area contributed by atoms with Crippen LogP contribution in [0.4, 0.5) is 0 Å². The zero-order valence-electron chi connectivity index (χ0n) is 14.7. The van der Waals surface area contributed by atoms with Gasteiger partial charge < -0.3 is 9.88 Å². The van der Waals surface area contributed by atoms with Gasteiger partial charge in [0.1, 0.15) is 0 Å². The van der Waals surface area contributed by atoms with Gasteiger partial charge in [-0.25, -0.2) is 0 Å². The van der Waals surface area contributed by atoms with E-state index in [9.17, 15) is 4.79 Å². The lowest BCUT2D eigenvalue weighted by molar-refractivity contribution is 0.131. The molecule has 4 heteroatoms. The van der Waals surface area contributed by atoms with Gasteiger partial charge in [0.25, 0.3) is 0 Å². The Morgan fingerprint density at radius 2 is 1.70 bits per heavy atom. The van der Waals surface area contributed by atoms with Gasteiger partial charge >= 0.3 is 0 Å². The minimum Gasteiger partial charge on any atom is -0.358 e. The van der Waals surface area contributed by atoms with Crippen molar-refractivity contribution in [1.82, 2.24) is 14.8 Å². The smallest absolute Gasteiger partial charge is 0.194 e. The fourth-order valence-electron chi connectivity index (χ4n) is 3.59. The molecule has 0 radical (unpaired) electrons. The van der Waals surface area contributed by atoms with Gasteiger partial charge in [-0.1, -0.05) is 13.0 Å². The largest absolute Gasteiger partial charge is 0.358 e. The number of aromatic nitrogens is 1. The molecular formula is C19H27N3O. The molecule has 2 heterocycles. The van der Waals surface area contributed by atoms with Crippen molar-refractivity contribution in [3.05, 3.63) is 44.7 Å². The Morgan fingerprint density at radius 3 is 2.35 bits per heavy atom. The summed E-state index contributed by atoms with van der Waals surface area (Å²) in [7, 11) is 0. The molecule has 1 fully saturated rings. The van der Waals surface area contributed by atoms with E-state index in [1.165, 1.54) is 0 Å². The Morgan fingerprint density at radius 1 is 1.04 bits per heavy atom. The number of fused-ring (bicyclic) bond motifs is 1. The summed E-state index contributed by atoms with van der Waals surface area (Å²) in [4.78, 5) is 21.3. The summed E-state index contributed by atoms with van der Waals surface area (Å²) in [6, 6.07) is 4.14. The number of nitrogens with one attached hydrogen (secondary N) is 1. The van der Waals surface area contributed by atoms with Gasteiger partial charge in [-0.15, -0.1) is 0 Å². The molecule has 1 aliphatic rings. The van der Waals surface area contributed by atoms with Crippen LogP contribution in [0.2, 0.25) is 0 Å². The van der Waals surface area contributed by atoms with Gasteiger partial charge in [0.2, 0.25) is 0 Å². The molecule has 1 aliphatic heterocycles. The topological polar surface area (TPSA) is 39.3 Å². The van der Waals surface area contributed by atoms with Crippen molar-refractivity contribution in [2.75, 3.05) is 32.7 Å². The number of aryl methyl sites for hydroxylation is 3. The number of hydrogen-bond acceptors (Lipinski definition) is 3. The Balaban J connectivity index is 1.94. The van der Waals surface area contributed by atoms with Gasteiger partial charge in [-0.2, -0.15) is 0 Å². The Labute approximate surface area is 138 Å². The quantitative estimate of drug-likeness (QED) is 0.947. The van der Waals surface area contributed by atoms with E-state index in [1.807, 2.05) is 13.0 Å². The van der Waals surface area contributed by atoms with Crippen molar-refractivity contribution in [2.45, 2.75) is 34.2 Å². The van der Waals surface area contributed by atoms with Crippen molar-refractivity contribution in [3.63, 3.8) is 0 Å². The van der Waals surface area contributed by atoms with Crippen LogP contribution < -0.4 is 5.43 Å². The maximum absolute atomic E-state index is 13.0. The number of piperazine rings is 1. The third-order valence-corrected chi connectivity index (χ3v) is 5.06. The zero-order chi connectivity index (χ0) is 16.6. The maximum atomic E-state index is 13.0. The van der Waals surface area contributed by atoms with E-state index >= 15 is 0 Å². The van der Waals surface area contributed by atoms with E-state index in [1.54, 1.807) is 0 Å². The lowest BCUT2D eigenvalue weighted by atomic mass is 10.0. The van der Waals surface area contributed by atoms with Crippen LogP contribution in [0.1, 0.15) is 29.3 Å². The third-order valence-electron chi connectivity index (χ3n) is 5.06. The second-order valence-corrected chi connectivity index (χ2v) is 6.77. The minimum atomic E-state index is 0.195. The SMILES string of the molecule is CCN1CCN(Cc2c(C)[nH]c3c(C)cc(C)cc3c2=O)CC1. The lowest BCUT2D eigenvalue weighted by Crippen LogP contribution is -2.46. The predicted molar refractivity (Wildman–Crippen MR) is 96.2 cm³/mol. The van der Waals surface area contributed by atoms with E-state index < -0.39 is 0 Å². The average Bonchev–Trinajstić information content (AvgIpc) is 2.53. The van der Waals surface area contributed by atoms with Crippen LogP contribution >= 0.6 is 0 Å². The standard InChI is InChI=1S/C19H27N3O/c1-5-21-6-8-22(9-7-21)12-17-15(4)20-18-14(3)10-13(2)11-16(18)19(17)23/h10-11H,5-9,12H2,1-4H3,(H,20,23). The average molecular weight is 313 g/mol. The summed E-state index contributed by atoms with van der Waals surface area (Å²) in [5.41, 5.74) is 5.40. The molecule has 23 heavy (non-hydrogen) atoms. The highest BCUT2D eigenvalue weighted by Gasteiger charge is 2.19. The maximum Gasteiger partial charge on any atom is 0.194 e. The van der Waals surface area contributed by atoms with Gasteiger partial charge in [0, 0.05) is 49.4 Å². The number of hydrogen-bond donors (Lipinski definition) is 1. The molecule has 1 aromatic carbocycles. The third kappa shape index (κ3) is 3.19. The molecule has 1 N–H and O–H groups in total. The zero-order valence-corrected chi connectivity index (χ0v) is 14.7. The van der Waals surface area contributed by atoms with Gasteiger partial charge in [0.05, 0.1) is 5.52 Å². The summed E-state index contributed by atoms with van der Waals surface area (Å²) in [6.07, 6.45) is 0. The van der Waals surface area contributed by atoms with E-state index in [0.29, 0.717) is 0 Å². The van der Waals surface area contributed by atoms with E-state index in [2.05, 4.69) is 41.6 Å². The summed E-state index contributed by atoms with van der Waals surface area (Å²) < 4.78 is 0. The van der Waals surface area contributed by atoms with Crippen molar-refractivity contribution in [2.24, 2.45) is 0 Å². The van der Waals surface area contributed by atoms with Gasteiger partial charge in [0.15, 0.2) is 5.43 Å². The number of H-pyrrole nitrogens is 1. The highest BCUT2D eigenvalue weighted by molar-refractivity contribution is 5.83. The van der Waals surface area contributed by atoms with Gasteiger partial charge in [-0.05, 0) is 44.5 Å². The van der Waals surface area contributed by atoms with Crippen LogP contribution in [0.25, 0.3) is 10.9 Å². The first kappa shape index (κ1) is 16.2. The fourth-order valence-corrected chi connectivity index (χ4v) is 3.59. The number of aromatic amines is 1. The fraction of sp³-hybridized carbons (Fsp3) is 0.526. The van der Waals surface area contributed by atoms with E-state index in [4.69, 9.17) is 0 Å². The predicted octanol–water partition coefficient (Wildman–Crippen LogP) is 2.59. The molecule has 0 amide bonds. The first-order valence-corrected chi connectivity index (χ1v) is 8.57. The second-order valence-electron chi connectivity index (χ2n) is 6.77. The minimum absolute atomic E-state index is 0.195. The molecule has 3 rings (SSSR count). The molecule has 0 spiro atoms.